The zero-order valence-electron chi connectivity index (χ0n) is 12.1. The summed E-state index contributed by atoms with van der Waals surface area (Å²) < 4.78 is 0. The second-order valence-electron chi connectivity index (χ2n) is 5.37. The summed E-state index contributed by atoms with van der Waals surface area (Å²) in [5.41, 5.74) is 6.68. The van der Waals surface area contributed by atoms with E-state index in [0.29, 0.717) is 19.1 Å². The van der Waals surface area contributed by atoms with Crippen LogP contribution in [-0.2, 0) is 4.79 Å². The standard InChI is InChI=1S/C15H24N4O/c1-12(13-4-7-17-8-5-13)19-10-2-3-14(11-19)15(20)18-9-6-16/h4-5,7-8,12,14H,2-3,6,9-11,16H2,1H3,(H,18,20). The molecule has 0 bridgehead atoms. The fraction of sp³-hybridized carbons (Fsp3) is 0.600. The third-order valence-electron chi connectivity index (χ3n) is 4.00. The van der Waals surface area contributed by atoms with Crippen LogP contribution in [0, 0.1) is 5.92 Å². The number of carbonyl (C=O) groups excluding carboxylic acids is 1. The third kappa shape index (κ3) is 3.77. The van der Waals surface area contributed by atoms with E-state index in [1.165, 1.54) is 5.56 Å². The maximum absolute atomic E-state index is 12.1. The molecule has 1 saturated heterocycles. The topological polar surface area (TPSA) is 71.2 Å². The number of hydrogen-bond acceptors (Lipinski definition) is 4. The number of amides is 1. The normalized spacial score (nSPS) is 21.4. The molecular weight excluding hydrogens is 252 g/mol. The van der Waals surface area contributed by atoms with Gasteiger partial charge in [0.25, 0.3) is 0 Å². The van der Waals surface area contributed by atoms with Crippen LogP contribution in [0.1, 0.15) is 31.4 Å². The number of pyridine rings is 1. The minimum absolute atomic E-state index is 0.0830. The average molecular weight is 276 g/mol. The number of carbonyl (C=O) groups is 1. The average Bonchev–Trinajstić information content (AvgIpc) is 2.52. The van der Waals surface area contributed by atoms with Crippen molar-refractivity contribution in [2.24, 2.45) is 11.7 Å². The lowest BCUT2D eigenvalue weighted by Gasteiger charge is -2.36. The van der Waals surface area contributed by atoms with E-state index in [9.17, 15) is 4.79 Å². The lowest BCUT2D eigenvalue weighted by molar-refractivity contribution is -0.126. The van der Waals surface area contributed by atoms with Crippen LogP contribution in [0.3, 0.4) is 0 Å². The molecule has 1 amide bonds. The van der Waals surface area contributed by atoms with E-state index in [-0.39, 0.29) is 11.8 Å². The van der Waals surface area contributed by atoms with E-state index in [0.717, 1.165) is 25.9 Å². The molecule has 1 aromatic rings. The van der Waals surface area contributed by atoms with E-state index in [2.05, 4.69) is 22.1 Å². The Kier molecular flexibility index (Phi) is 5.49. The second-order valence-corrected chi connectivity index (χ2v) is 5.37. The summed E-state index contributed by atoms with van der Waals surface area (Å²) in [6.07, 6.45) is 5.68. The molecule has 2 atom stereocenters. The Morgan fingerprint density at radius 3 is 3.00 bits per heavy atom. The van der Waals surface area contributed by atoms with Crippen LogP contribution in [0.4, 0.5) is 0 Å². The van der Waals surface area contributed by atoms with Gasteiger partial charge in [0, 0.05) is 38.1 Å². The molecule has 2 rings (SSSR count). The van der Waals surface area contributed by atoms with Gasteiger partial charge in [0.2, 0.25) is 5.91 Å². The summed E-state index contributed by atoms with van der Waals surface area (Å²) >= 11 is 0. The van der Waals surface area contributed by atoms with E-state index in [1.807, 2.05) is 24.5 Å². The highest BCUT2D eigenvalue weighted by Crippen LogP contribution is 2.26. The Hall–Kier alpha value is -1.46. The smallest absolute Gasteiger partial charge is 0.224 e. The largest absolute Gasteiger partial charge is 0.355 e. The Morgan fingerprint density at radius 2 is 2.30 bits per heavy atom. The number of rotatable bonds is 5. The van der Waals surface area contributed by atoms with Crippen molar-refractivity contribution in [2.45, 2.75) is 25.8 Å². The van der Waals surface area contributed by atoms with Crippen LogP contribution in [0.25, 0.3) is 0 Å². The van der Waals surface area contributed by atoms with Gasteiger partial charge in [-0.05, 0) is 44.0 Å². The first kappa shape index (κ1) is 14.9. The van der Waals surface area contributed by atoms with Crippen LogP contribution in [0.2, 0.25) is 0 Å². The molecule has 0 saturated carbocycles. The fourth-order valence-corrected chi connectivity index (χ4v) is 2.76. The van der Waals surface area contributed by atoms with E-state index in [1.54, 1.807) is 0 Å². The Balaban J connectivity index is 1.94. The quantitative estimate of drug-likeness (QED) is 0.839. The van der Waals surface area contributed by atoms with Crippen LogP contribution in [0.5, 0.6) is 0 Å². The molecule has 1 aromatic heterocycles. The molecule has 20 heavy (non-hydrogen) atoms. The number of nitrogens with two attached hydrogens (primary N) is 1. The third-order valence-corrected chi connectivity index (χ3v) is 4.00. The first-order valence-electron chi connectivity index (χ1n) is 7.34. The van der Waals surface area contributed by atoms with Crippen molar-refractivity contribution in [3.8, 4) is 0 Å². The molecule has 2 heterocycles. The molecule has 1 aliphatic rings. The summed E-state index contributed by atoms with van der Waals surface area (Å²) in [7, 11) is 0. The van der Waals surface area contributed by atoms with Crippen LogP contribution in [0.15, 0.2) is 24.5 Å². The van der Waals surface area contributed by atoms with Gasteiger partial charge in [-0.15, -0.1) is 0 Å². The van der Waals surface area contributed by atoms with Gasteiger partial charge in [-0.3, -0.25) is 14.7 Å². The van der Waals surface area contributed by atoms with Crippen LogP contribution < -0.4 is 11.1 Å². The van der Waals surface area contributed by atoms with Crippen molar-refractivity contribution in [3.05, 3.63) is 30.1 Å². The highest BCUT2D eigenvalue weighted by atomic mass is 16.1. The van der Waals surface area contributed by atoms with Gasteiger partial charge in [-0.1, -0.05) is 0 Å². The zero-order chi connectivity index (χ0) is 14.4. The molecule has 3 N–H and O–H groups in total. The van der Waals surface area contributed by atoms with Gasteiger partial charge < -0.3 is 11.1 Å². The summed E-state index contributed by atoms with van der Waals surface area (Å²) in [4.78, 5) is 18.5. The highest BCUT2D eigenvalue weighted by molar-refractivity contribution is 5.78. The monoisotopic (exact) mass is 276 g/mol. The predicted octanol–water partition coefficient (Wildman–Crippen LogP) is 0.930. The van der Waals surface area contributed by atoms with Crippen molar-refractivity contribution >= 4 is 5.91 Å². The fourth-order valence-electron chi connectivity index (χ4n) is 2.76. The van der Waals surface area contributed by atoms with Crippen molar-refractivity contribution in [2.75, 3.05) is 26.2 Å². The van der Waals surface area contributed by atoms with Crippen molar-refractivity contribution in [3.63, 3.8) is 0 Å². The number of nitrogens with zero attached hydrogens (tertiary/aromatic N) is 2. The molecular formula is C15H24N4O. The molecule has 0 spiro atoms. The Bertz CT molecular complexity index is 423. The SMILES string of the molecule is CC(c1ccncc1)N1CCCC(C(=O)NCCN)C1. The summed E-state index contributed by atoms with van der Waals surface area (Å²) in [6, 6.07) is 4.41. The number of likely N-dealkylation sites (tertiary alicyclic amines) is 1. The maximum atomic E-state index is 12.1. The lowest BCUT2D eigenvalue weighted by atomic mass is 9.94. The maximum Gasteiger partial charge on any atom is 0.224 e. The number of piperidine rings is 1. The van der Waals surface area contributed by atoms with Crippen LogP contribution >= 0.6 is 0 Å². The zero-order valence-corrected chi connectivity index (χ0v) is 12.1. The molecule has 1 fully saturated rings. The Morgan fingerprint density at radius 1 is 1.55 bits per heavy atom. The van der Waals surface area contributed by atoms with Gasteiger partial charge in [0.05, 0.1) is 5.92 Å². The second kappa shape index (κ2) is 7.36. The minimum atomic E-state index is 0.0830. The highest BCUT2D eigenvalue weighted by Gasteiger charge is 2.28. The van der Waals surface area contributed by atoms with Gasteiger partial charge in [0.15, 0.2) is 0 Å². The number of hydrogen-bond donors (Lipinski definition) is 2. The van der Waals surface area contributed by atoms with E-state index < -0.39 is 0 Å². The number of nitrogens with one attached hydrogen (secondary N) is 1. The number of aromatic nitrogens is 1. The molecule has 0 aromatic carbocycles. The molecule has 0 radical (unpaired) electrons. The van der Waals surface area contributed by atoms with Crippen molar-refractivity contribution in [1.82, 2.24) is 15.2 Å². The van der Waals surface area contributed by atoms with E-state index >= 15 is 0 Å². The summed E-state index contributed by atoms with van der Waals surface area (Å²) in [5.74, 6) is 0.224. The first-order valence-corrected chi connectivity index (χ1v) is 7.34. The molecule has 2 unspecified atom stereocenters. The molecule has 5 nitrogen and oxygen atoms in total. The van der Waals surface area contributed by atoms with Crippen molar-refractivity contribution in [1.29, 1.82) is 0 Å². The molecule has 1 aliphatic heterocycles. The van der Waals surface area contributed by atoms with Gasteiger partial charge in [-0.2, -0.15) is 0 Å². The molecule has 110 valence electrons. The first-order chi connectivity index (χ1) is 9.72. The van der Waals surface area contributed by atoms with Gasteiger partial charge in [-0.25, -0.2) is 0 Å². The van der Waals surface area contributed by atoms with Gasteiger partial charge in [0.1, 0.15) is 0 Å². The minimum Gasteiger partial charge on any atom is -0.355 e. The molecule has 5 heteroatoms. The summed E-state index contributed by atoms with van der Waals surface area (Å²) in [5, 5.41) is 2.90. The lowest BCUT2D eigenvalue weighted by Crippen LogP contribution is -2.44. The van der Waals surface area contributed by atoms with Crippen molar-refractivity contribution < 1.29 is 4.79 Å². The van der Waals surface area contributed by atoms with Gasteiger partial charge >= 0.3 is 0 Å². The molecule has 0 aliphatic carbocycles. The van der Waals surface area contributed by atoms with Crippen LogP contribution in [-0.4, -0.2) is 42.0 Å². The predicted molar refractivity (Wildman–Crippen MR) is 79.0 cm³/mol. The Labute approximate surface area is 120 Å². The van der Waals surface area contributed by atoms with E-state index in [4.69, 9.17) is 5.73 Å². The summed E-state index contributed by atoms with van der Waals surface area (Å²) in [6.45, 7) is 5.12.